The van der Waals surface area contributed by atoms with Crippen LogP contribution in [-0.4, -0.2) is 9.78 Å². The van der Waals surface area contributed by atoms with Crippen molar-refractivity contribution in [2.75, 3.05) is 5.73 Å². The Hall–Kier alpha value is -2.26. The summed E-state index contributed by atoms with van der Waals surface area (Å²) < 4.78 is 1.76. The number of nitrogens with zero attached hydrogens (tertiary/aromatic N) is 2. The van der Waals surface area contributed by atoms with E-state index in [4.69, 9.17) is 17.3 Å². The molecular formula is C17H16ClN3. The van der Waals surface area contributed by atoms with Crippen molar-refractivity contribution in [2.24, 2.45) is 0 Å². The second kappa shape index (κ2) is 5.26. The monoisotopic (exact) mass is 297 g/mol. The molecule has 0 aliphatic heterocycles. The van der Waals surface area contributed by atoms with Crippen molar-refractivity contribution in [3.05, 3.63) is 64.7 Å². The molecule has 4 heteroatoms. The number of aryl methyl sites for hydroxylation is 2. The van der Waals surface area contributed by atoms with E-state index in [2.05, 4.69) is 31.1 Å². The highest BCUT2D eigenvalue weighted by Crippen LogP contribution is 2.25. The molecule has 0 spiro atoms. The molecule has 1 heterocycles. The number of nitrogen functional groups attached to an aromatic ring is 1. The molecule has 0 aliphatic carbocycles. The summed E-state index contributed by atoms with van der Waals surface area (Å²) in [7, 11) is 0. The molecule has 0 unspecified atom stereocenters. The molecule has 0 amide bonds. The van der Waals surface area contributed by atoms with E-state index in [1.165, 1.54) is 11.1 Å². The molecule has 3 rings (SSSR count). The van der Waals surface area contributed by atoms with Gasteiger partial charge in [-0.25, -0.2) is 4.68 Å². The molecule has 0 bridgehead atoms. The van der Waals surface area contributed by atoms with Gasteiger partial charge in [-0.1, -0.05) is 29.8 Å². The van der Waals surface area contributed by atoms with E-state index < -0.39 is 0 Å². The minimum atomic E-state index is 0.614. The molecule has 106 valence electrons. The van der Waals surface area contributed by atoms with Crippen molar-refractivity contribution in [3.63, 3.8) is 0 Å². The van der Waals surface area contributed by atoms with Gasteiger partial charge in [-0.05, 0) is 49.2 Å². The minimum absolute atomic E-state index is 0.614. The summed E-state index contributed by atoms with van der Waals surface area (Å²) in [5.74, 6) is 0.614. The van der Waals surface area contributed by atoms with Crippen LogP contribution >= 0.6 is 11.6 Å². The fourth-order valence-electron chi connectivity index (χ4n) is 2.22. The Bertz CT molecular complexity index is 788. The topological polar surface area (TPSA) is 43.8 Å². The van der Waals surface area contributed by atoms with Crippen LogP contribution in [0.2, 0.25) is 5.02 Å². The van der Waals surface area contributed by atoms with Crippen molar-refractivity contribution < 1.29 is 0 Å². The Morgan fingerprint density at radius 3 is 2.33 bits per heavy atom. The normalized spacial score (nSPS) is 10.8. The highest BCUT2D eigenvalue weighted by atomic mass is 35.5. The van der Waals surface area contributed by atoms with E-state index in [1.807, 2.05) is 36.4 Å². The third-order valence-electron chi connectivity index (χ3n) is 3.61. The summed E-state index contributed by atoms with van der Waals surface area (Å²) in [6, 6.07) is 15.6. The van der Waals surface area contributed by atoms with E-state index in [0.29, 0.717) is 10.8 Å². The van der Waals surface area contributed by atoms with Crippen LogP contribution in [0.1, 0.15) is 11.1 Å². The van der Waals surface area contributed by atoms with Gasteiger partial charge in [0.15, 0.2) is 0 Å². The van der Waals surface area contributed by atoms with Crippen LogP contribution in [0.25, 0.3) is 16.9 Å². The maximum Gasteiger partial charge on any atom is 0.127 e. The summed E-state index contributed by atoms with van der Waals surface area (Å²) >= 11 is 5.91. The second-order valence-corrected chi connectivity index (χ2v) is 5.58. The Labute approximate surface area is 129 Å². The molecule has 0 aliphatic rings. The molecule has 21 heavy (non-hydrogen) atoms. The van der Waals surface area contributed by atoms with Crippen molar-refractivity contribution in [2.45, 2.75) is 13.8 Å². The molecule has 2 N–H and O–H groups in total. The molecule has 0 atom stereocenters. The average Bonchev–Trinajstić information content (AvgIpc) is 2.85. The number of nitrogens with two attached hydrogens (primary N) is 1. The summed E-state index contributed by atoms with van der Waals surface area (Å²) in [4.78, 5) is 0. The SMILES string of the molecule is Cc1ccc(-n2nc(-c3ccc(Cl)cc3)cc2N)cc1C. The van der Waals surface area contributed by atoms with Gasteiger partial charge in [0.2, 0.25) is 0 Å². The zero-order valence-corrected chi connectivity index (χ0v) is 12.7. The average molecular weight is 298 g/mol. The highest BCUT2D eigenvalue weighted by Gasteiger charge is 2.09. The molecule has 3 aromatic rings. The number of halogens is 1. The molecule has 1 aromatic heterocycles. The van der Waals surface area contributed by atoms with Crippen LogP contribution in [0.3, 0.4) is 0 Å². The first-order valence-electron chi connectivity index (χ1n) is 6.74. The van der Waals surface area contributed by atoms with Gasteiger partial charge < -0.3 is 5.73 Å². The van der Waals surface area contributed by atoms with Gasteiger partial charge in [0.1, 0.15) is 5.82 Å². The van der Waals surface area contributed by atoms with Gasteiger partial charge in [-0.15, -0.1) is 0 Å². The second-order valence-electron chi connectivity index (χ2n) is 5.14. The van der Waals surface area contributed by atoms with E-state index in [9.17, 15) is 0 Å². The molecule has 0 saturated carbocycles. The van der Waals surface area contributed by atoms with Gasteiger partial charge >= 0.3 is 0 Å². The molecule has 0 fully saturated rings. The molecule has 0 radical (unpaired) electrons. The number of aromatic nitrogens is 2. The standard InChI is InChI=1S/C17H16ClN3/c1-11-3-8-15(9-12(11)2)21-17(19)10-16(20-21)13-4-6-14(18)7-5-13/h3-10H,19H2,1-2H3. The Morgan fingerprint density at radius 1 is 0.952 bits per heavy atom. The van der Waals surface area contributed by atoms with Crippen LogP contribution in [0, 0.1) is 13.8 Å². The van der Waals surface area contributed by atoms with Crippen LogP contribution in [-0.2, 0) is 0 Å². The summed E-state index contributed by atoms with van der Waals surface area (Å²) in [6.45, 7) is 4.17. The molecular weight excluding hydrogens is 282 g/mol. The maximum absolute atomic E-state index is 6.10. The lowest BCUT2D eigenvalue weighted by Gasteiger charge is -2.06. The minimum Gasteiger partial charge on any atom is -0.384 e. The van der Waals surface area contributed by atoms with Crippen LogP contribution in [0.15, 0.2) is 48.5 Å². The molecule has 3 nitrogen and oxygen atoms in total. The Kier molecular flexibility index (Phi) is 3.43. The summed E-state index contributed by atoms with van der Waals surface area (Å²) in [6.07, 6.45) is 0. The molecule has 2 aromatic carbocycles. The quantitative estimate of drug-likeness (QED) is 0.762. The predicted octanol–water partition coefficient (Wildman–Crippen LogP) is 4.39. The van der Waals surface area contributed by atoms with Crippen molar-refractivity contribution in [1.82, 2.24) is 9.78 Å². The zero-order chi connectivity index (χ0) is 15.0. The van der Waals surface area contributed by atoms with Gasteiger partial charge in [-0.3, -0.25) is 0 Å². The lowest BCUT2D eigenvalue weighted by molar-refractivity contribution is 0.893. The first-order valence-corrected chi connectivity index (χ1v) is 7.11. The van der Waals surface area contributed by atoms with Crippen LogP contribution < -0.4 is 5.73 Å². The van der Waals surface area contributed by atoms with E-state index >= 15 is 0 Å². The first-order chi connectivity index (χ1) is 10.0. The number of rotatable bonds is 2. The zero-order valence-electron chi connectivity index (χ0n) is 12.0. The molecule has 0 saturated heterocycles. The number of hydrogen-bond acceptors (Lipinski definition) is 2. The van der Waals surface area contributed by atoms with Crippen molar-refractivity contribution in [3.8, 4) is 16.9 Å². The van der Waals surface area contributed by atoms with E-state index in [1.54, 1.807) is 4.68 Å². The Balaban J connectivity index is 2.05. The van der Waals surface area contributed by atoms with Gasteiger partial charge in [0.05, 0.1) is 11.4 Å². The van der Waals surface area contributed by atoms with Gasteiger partial charge in [0, 0.05) is 16.7 Å². The number of anilines is 1. The lowest BCUT2D eigenvalue weighted by Crippen LogP contribution is -2.02. The fraction of sp³-hybridized carbons (Fsp3) is 0.118. The van der Waals surface area contributed by atoms with E-state index in [0.717, 1.165) is 16.9 Å². The predicted molar refractivity (Wildman–Crippen MR) is 87.9 cm³/mol. The lowest BCUT2D eigenvalue weighted by atomic mass is 10.1. The Morgan fingerprint density at radius 2 is 1.67 bits per heavy atom. The summed E-state index contributed by atoms with van der Waals surface area (Å²) in [5.41, 5.74) is 11.4. The van der Waals surface area contributed by atoms with Crippen LogP contribution in [0.5, 0.6) is 0 Å². The fourth-order valence-corrected chi connectivity index (χ4v) is 2.35. The third kappa shape index (κ3) is 2.65. The van der Waals surface area contributed by atoms with E-state index in [-0.39, 0.29) is 0 Å². The highest BCUT2D eigenvalue weighted by molar-refractivity contribution is 6.30. The van der Waals surface area contributed by atoms with Gasteiger partial charge in [0.25, 0.3) is 0 Å². The third-order valence-corrected chi connectivity index (χ3v) is 3.86. The number of hydrogen-bond donors (Lipinski definition) is 1. The number of benzene rings is 2. The van der Waals surface area contributed by atoms with Crippen molar-refractivity contribution in [1.29, 1.82) is 0 Å². The van der Waals surface area contributed by atoms with Gasteiger partial charge in [-0.2, -0.15) is 5.10 Å². The first kappa shape index (κ1) is 13.7. The van der Waals surface area contributed by atoms with Crippen LogP contribution in [0.4, 0.5) is 5.82 Å². The smallest absolute Gasteiger partial charge is 0.127 e. The van der Waals surface area contributed by atoms with Crippen molar-refractivity contribution >= 4 is 17.4 Å². The summed E-state index contributed by atoms with van der Waals surface area (Å²) in [5, 5.41) is 5.31. The maximum atomic E-state index is 6.10. The largest absolute Gasteiger partial charge is 0.384 e.